The maximum Gasteiger partial charge on any atom is 0.275 e. The van der Waals surface area contributed by atoms with Crippen LogP contribution < -0.4 is 19.7 Å². The summed E-state index contributed by atoms with van der Waals surface area (Å²) < 4.78 is 10.6. The Hall–Kier alpha value is -1.75. The van der Waals surface area contributed by atoms with Gasteiger partial charge in [0, 0.05) is 6.54 Å². The summed E-state index contributed by atoms with van der Waals surface area (Å²) in [5.41, 5.74) is 1.13. The number of benzene rings is 1. The second-order valence-corrected chi connectivity index (χ2v) is 6.48. The minimum atomic E-state index is 0.158. The smallest absolute Gasteiger partial charge is 0.275 e. The molecule has 1 aliphatic rings. The average Bonchev–Trinajstić information content (AvgIpc) is 2.57. The predicted molar refractivity (Wildman–Crippen MR) is 94.9 cm³/mol. The van der Waals surface area contributed by atoms with Crippen LogP contribution in [-0.4, -0.2) is 46.3 Å². The van der Waals surface area contributed by atoms with E-state index in [0.29, 0.717) is 13.1 Å². The zero-order valence-electron chi connectivity index (χ0n) is 15.0. The largest absolute Gasteiger partial charge is 0.493 e. The van der Waals surface area contributed by atoms with Crippen LogP contribution in [0.15, 0.2) is 18.2 Å². The molecule has 0 unspecified atom stereocenters. The van der Waals surface area contributed by atoms with Crippen LogP contribution in [0.1, 0.15) is 37.7 Å². The lowest BCUT2D eigenvalue weighted by atomic mass is 10.1. The number of carbonyl (C=O) groups is 1. The number of carbonyl (C=O) groups excluding carboxylic acids is 1. The minimum absolute atomic E-state index is 0.158. The fourth-order valence-corrected chi connectivity index (χ4v) is 3.25. The first-order chi connectivity index (χ1) is 11.7. The quantitative estimate of drug-likeness (QED) is 0.788. The Morgan fingerprint density at radius 2 is 1.71 bits per heavy atom. The van der Waals surface area contributed by atoms with Gasteiger partial charge in [-0.05, 0) is 49.8 Å². The van der Waals surface area contributed by atoms with Crippen LogP contribution in [0.4, 0.5) is 0 Å². The van der Waals surface area contributed by atoms with Gasteiger partial charge in [-0.3, -0.25) is 4.79 Å². The van der Waals surface area contributed by atoms with E-state index in [1.807, 2.05) is 18.2 Å². The molecule has 0 saturated carbocycles. The minimum Gasteiger partial charge on any atom is -0.493 e. The summed E-state index contributed by atoms with van der Waals surface area (Å²) in [5, 5.41) is 3.05. The number of likely N-dealkylation sites (tertiary alicyclic amines) is 1. The molecule has 0 aromatic heterocycles. The molecule has 0 bridgehead atoms. The highest BCUT2D eigenvalue weighted by Crippen LogP contribution is 2.27. The number of amides is 1. The van der Waals surface area contributed by atoms with E-state index in [0.717, 1.165) is 36.6 Å². The van der Waals surface area contributed by atoms with Gasteiger partial charge in [-0.15, -0.1) is 0 Å². The van der Waals surface area contributed by atoms with Gasteiger partial charge in [0.1, 0.15) is 0 Å². The second kappa shape index (κ2) is 10.2. The van der Waals surface area contributed by atoms with E-state index < -0.39 is 0 Å². The predicted octanol–water partition coefficient (Wildman–Crippen LogP) is 1.21. The summed E-state index contributed by atoms with van der Waals surface area (Å²) in [6.07, 6.45) is 7.25. The van der Waals surface area contributed by atoms with Gasteiger partial charge in [-0.1, -0.05) is 12.5 Å². The van der Waals surface area contributed by atoms with E-state index >= 15 is 0 Å². The first-order valence-electron chi connectivity index (χ1n) is 9.04. The highest BCUT2D eigenvalue weighted by molar-refractivity contribution is 5.76. The summed E-state index contributed by atoms with van der Waals surface area (Å²) in [6, 6.07) is 5.88. The maximum absolute atomic E-state index is 12.1. The highest BCUT2D eigenvalue weighted by atomic mass is 16.5. The number of ether oxygens (including phenoxy) is 2. The SMILES string of the molecule is COc1ccc(CCNC(=O)C[NH+]2CCCCCCC2)cc1OC. The number of hydrogen-bond donors (Lipinski definition) is 2. The average molecular weight is 335 g/mol. The van der Waals surface area contributed by atoms with E-state index in [1.54, 1.807) is 14.2 Å². The van der Waals surface area contributed by atoms with Gasteiger partial charge in [0.25, 0.3) is 5.91 Å². The van der Waals surface area contributed by atoms with Crippen molar-refractivity contribution in [3.8, 4) is 11.5 Å². The Bertz CT molecular complexity index is 511. The summed E-state index contributed by atoms with van der Waals surface area (Å²) in [6.45, 7) is 3.51. The van der Waals surface area contributed by atoms with Crippen molar-refractivity contribution in [2.75, 3.05) is 40.4 Å². The van der Waals surface area contributed by atoms with Crippen LogP contribution in [0.25, 0.3) is 0 Å². The van der Waals surface area contributed by atoms with Gasteiger partial charge >= 0.3 is 0 Å². The van der Waals surface area contributed by atoms with E-state index in [2.05, 4.69) is 5.32 Å². The van der Waals surface area contributed by atoms with Crippen molar-refractivity contribution in [2.45, 2.75) is 38.5 Å². The summed E-state index contributed by atoms with van der Waals surface area (Å²) in [4.78, 5) is 13.6. The number of rotatable bonds is 7. The first-order valence-corrected chi connectivity index (χ1v) is 9.04. The Morgan fingerprint density at radius 3 is 2.38 bits per heavy atom. The van der Waals surface area contributed by atoms with Crippen molar-refractivity contribution in [2.24, 2.45) is 0 Å². The number of quaternary nitrogens is 1. The molecule has 1 saturated heterocycles. The highest BCUT2D eigenvalue weighted by Gasteiger charge is 2.15. The molecule has 1 aliphatic heterocycles. The number of nitrogens with one attached hydrogen (secondary N) is 2. The van der Waals surface area contributed by atoms with Crippen molar-refractivity contribution >= 4 is 5.91 Å². The molecule has 5 nitrogen and oxygen atoms in total. The van der Waals surface area contributed by atoms with E-state index in [9.17, 15) is 4.79 Å². The van der Waals surface area contributed by atoms with Crippen molar-refractivity contribution < 1.29 is 19.2 Å². The standard InChI is InChI=1S/C19H30N2O3/c1-23-17-9-8-16(14-18(17)24-2)10-11-20-19(22)15-21-12-6-4-3-5-7-13-21/h8-9,14H,3-7,10-13,15H2,1-2H3,(H,20,22)/p+1. The molecular formula is C19H31N2O3+. The number of hydrogen-bond acceptors (Lipinski definition) is 3. The lowest BCUT2D eigenvalue weighted by molar-refractivity contribution is -0.893. The van der Waals surface area contributed by atoms with Gasteiger partial charge in [-0.2, -0.15) is 0 Å². The van der Waals surface area contributed by atoms with Crippen molar-refractivity contribution in [3.63, 3.8) is 0 Å². The van der Waals surface area contributed by atoms with Crippen molar-refractivity contribution in [1.29, 1.82) is 0 Å². The van der Waals surface area contributed by atoms with E-state index in [-0.39, 0.29) is 5.91 Å². The van der Waals surface area contributed by atoms with Crippen LogP contribution in [0.3, 0.4) is 0 Å². The monoisotopic (exact) mass is 335 g/mol. The van der Waals surface area contributed by atoms with Gasteiger partial charge in [0.2, 0.25) is 0 Å². The Morgan fingerprint density at radius 1 is 1.04 bits per heavy atom. The molecule has 1 amide bonds. The maximum atomic E-state index is 12.1. The molecule has 0 aliphatic carbocycles. The van der Waals surface area contributed by atoms with Crippen LogP contribution >= 0.6 is 0 Å². The molecular weight excluding hydrogens is 304 g/mol. The fraction of sp³-hybridized carbons (Fsp3) is 0.632. The Balaban J connectivity index is 1.73. The van der Waals surface area contributed by atoms with Gasteiger partial charge in [0.05, 0.1) is 27.3 Å². The van der Waals surface area contributed by atoms with E-state index in [1.165, 1.54) is 37.0 Å². The van der Waals surface area contributed by atoms with Crippen molar-refractivity contribution in [3.05, 3.63) is 23.8 Å². The first kappa shape index (κ1) is 18.6. The molecule has 0 atom stereocenters. The summed E-state index contributed by atoms with van der Waals surface area (Å²) >= 11 is 0. The summed E-state index contributed by atoms with van der Waals surface area (Å²) in [5.74, 6) is 1.61. The van der Waals surface area contributed by atoms with Gasteiger partial charge in [0.15, 0.2) is 18.0 Å². The normalized spacial score (nSPS) is 16.1. The second-order valence-electron chi connectivity index (χ2n) is 6.48. The van der Waals surface area contributed by atoms with Crippen LogP contribution in [0.5, 0.6) is 11.5 Å². The lowest BCUT2D eigenvalue weighted by Crippen LogP contribution is -3.13. The molecule has 134 valence electrons. The molecule has 1 fully saturated rings. The molecule has 1 aromatic rings. The topological polar surface area (TPSA) is 52.0 Å². The molecule has 2 rings (SSSR count). The molecule has 0 radical (unpaired) electrons. The van der Waals surface area contributed by atoms with Crippen LogP contribution in [-0.2, 0) is 11.2 Å². The van der Waals surface area contributed by atoms with Crippen LogP contribution in [0.2, 0.25) is 0 Å². The lowest BCUT2D eigenvalue weighted by Gasteiger charge is -2.21. The molecule has 0 spiro atoms. The van der Waals surface area contributed by atoms with Crippen LogP contribution in [0, 0.1) is 0 Å². The molecule has 1 heterocycles. The third-order valence-corrected chi connectivity index (χ3v) is 4.66. The third kappa shape index (κ3) is 6.04. The Labute approximate surface area is 145 Å². The molecule has 24 heavy (non-hydrogen) atoms. The van der Waals surface area contributed by atoms with E-state index in [4.69, 9.17) is 9.47 Å². The molecule has 2 N–H and O–H groups in total. The number of methoxy groups -OCH3 is 2. The van der Waals surface area contributed by atoms with Crippen molar-refractivity contribution in [1.82, 2.24) is 5.32 Å². The fourth-order valence-electron chi connectivity index (χ4n) is 3.25. The molecule has 1 aromatic carbocycles. The van der Waals surface area contributed by atoms with Gasteiger partial charge < -0.3 is 19.7 Å². The summed E-state index contributed by atoms with van der Waals surface area (Å²) in [7, 11) is 3.26. The zero-order chi connectivity index (χ0) is 17.2. The zero-order valence-corrected chi connectivity index (χ0v) is 15.0. The third-order valence-electron chi connectivity index (χ3n) is 4.66. The molecule has 5 heteroatoms. The van der Waals surface area contributed by atoms with Gasteiger partial charge in [-0.25, -0.2) is 0 Å². The Kier molecular flexibility index (Phi) is 7.89.